The molecule has 1 atom stereocenters. The number of aromatic amines is 1. The largest absolute Gasteiger partial charge is 0.356 e. The molecule has 146 valence electrons. The molecule has 1 aromatic heterocycles. The average molecular weight is 377 g/mol. The van der Waals surface area contributed by atoms with Crippen LogP contribution in [-0.4, -0.2) is 46.2 Å². The number of nitrogens with one attached hydrogen (secondary N) is 1. The fourth-order valence-corrected chi connectivity index (χ4v) is 5.27. The lowest BCUT2D eigenvalue weighted by Crippen LogP contribution is -2.67. The number of H-pyrrole nitrogens is 1. The van der Waals surface area contributed by atoms with Crippen molar-refractivity contribution in [3.05, 3.63) is 47.2 Å². The standard InChI is InChI=1S/C23H27N3O2/c1-23-21-18(17-9-5-6-10-19(17)24-21)12-14-26(23)20(27)15-25(22(23)28)13-11-16-7-3-2-4-8-16/h5-7,9-10,24H,2-4,8,11-15H2,1H3. The number of benzene rings is 1. The molecule has 1 unspecified atom stereocenters. The van der Waals surface area contributed by atoms with Crippen molar-refractivity contribution in [1.82, 2.24) is 14.8 Å². The van der Waals surface area contributed by atoms with Crippen molar-refractivity contribution in [1.29, 1.82) is 0 Å². The molecule has 3 heterocycles. The monoisotopic (exact) mass is 377 g/mol. The summed E-state index contributed by atoms with van der Waals surface area (Å²) in [4.78, 5) is 33.7. The predicted molar refractivity (Wildman–Crippen MR) is 109 cm³/mol. The van der Waals surface area contributed by atoms with Gasteiger partial charge in [0.25, 0.3) is 5.91 Å². The van der Waals surface area contributed by atoms with Crippen LogP contribution in [0.25, 0.3) is 10.9 Å². The summed E-state index contributed by atoms with van der Waals surface area (Å²) >= 11 is 0. The van der Waals surface area contributed by atoms with Crippen molar-refractivity contribution < 1.29 is 9.59 Å². The van der Waals surface area contributed by atoms with Gasteiger partial charge in [0.2, 0.25) is 5.91 Å². The highest BCUT2D eigenvalue weighted by Crippen LogP contribution is 2.42. The molecule has 1 N–H and O–H groups in total. The van der Waals surface area contributed by atoms with Crippen molar-refractivity contribution in [2.45, 2.75) is 51.0 Å². The van der Waals surface area contributed by atoms with E-state index in [0.717, 1.165) is 36.9 Å². The van der Waals surface area contributed by atoms with Crippen LogP contribution in [0.2, 0.25) is 0 Å². The second-order valence-corrected chi connectivity index (χ2v) is 8.48. The van der Waals surface area contributed by atoms with Crippen LogP contribution in [0.1, 0.15) is 50.3 Å². The van der Waals surface area contributed by atoms with Crippen LogP contribution in [0, 0.1) is 0 Å². The average Bonchev–Trinajstić information content (AvgIpc) is 3.11. The number of para-hydroxylation sites is 1. The molecule has 1 aliphatic carbocycles. The summed E-state index contributed by atoms with van der Waals surface area (Å²) in [7, 11) is 0. The van der Waals surface area contributed by atoms with E-state index in [0.29, 0.717) is 13.1 Å². The number of carbonyl (C=O) groups excluding carboxylic acids is 2. The fraction of sp³-hybridized carbons (Fsp3) is 0.478. The summed E-state index contributed by atoms with van der Waals surface area (Å²) in [5.74, 6) is 0.111. The number of piperazine rings is 1. The Morgan fingerprint density at radius 2 is 2.00 bits per heavy atom. The molecule has 0 bridgehead atoms. The summed E-state index contributed by atoms with van der Waals surface area (Å²) in [6.45, 7) is 3.37. The lowest BCUT2D eigenvalue weighted by molar-refractivity contribution is -0.165. The van der Waals surface area contributed by atoms with Gasteiger partial charge in [-0.1, -0.05) is 29.8 Å². The Kier molecular flexibility index (Phi) is 4.07. The fourth-order valence-electron chi connectivity index (χ4n) is 5.27. The third-order valence-electron chi connectivity index (χ3n) is 6.84. The van der Waals surface area contributed by atoms with Crippen molar-refractivity contribution in [3.8, 4) is 0 Å². The van der Waals surface area contributed by atoms with Gasteiger partial charge in [-0.2, -0.15) is 0 Å². The van der Waals surface area contributed by atoms with Crippen LogP contribution in [-0.2, 0) is 21.5 Å². The summed E-state index contributed by atoms with van der Waals surface area (Å²) in [5.41, 5.74) is 3.64. The molecule has 1 saturated heterocycles. The van der Waals surface area contributed by atoms with Gasteiger partial charge in [0.15, 0.2) is 5.54 Å². The second kappa shape index (κ2) is 6.50. The first-order valence-electron chi connectivity index (χ1n) is 10.5. The van der Waals surface area contributed by atoms with Crippen molar-refractivity contribution >= 4 is 22.7 Å². The van der Waals surface area contributed by atoms with Gasteiger partial charge in [-0.25, -0.2) is 0 Å². The maximum atomic E-state index is 13.6. The Morgan fingerprint density at radius 1 is 1.14 bits per heavy atom. The molecule has 2 aromatic rings. The zero-order chi connectivity index (χ0) is 19.3. The van der Waals surface area contributed by atoms with E-state index in [-0.39, 0.29) is 18.4 Å². The first kappa shape index (κ1) is 17.5. The SMILES string of the molecule is CC12C(=O)N(CCC3=CCCCC3)CC(=O)N1CCc1c2[nH]c2ccccc12. The highest BCUT2D eigenvalue weighted by Gasteiger charge is 2.53. The van der Waals surface area contributed by atoms with E-state index in [4.69, 9.17) is 0 Å². The maximum Gasteiger partial charge on any atom is 0.254 e. The van der Waals surface area contributed by atoms with Crippen molar-refractivity contribution in [2.24, 2.45) is 0 Å². The smallest absolute Gasteiger partial charge is 0.254 e. The molecule has 1 fully saturated rings. The van der Waals surface area contributed by atoms with E-state index in [9.17, 15) is 9.59 Å². The number of hydrogen-bond acceptors (Lipinski definition) is 2. The van der Waals surface area contributed by atoms with Gasteiger partial charge in [-0.3, -0.25) is 9.59 Å². The van der Waals surface area contributed by atoms with Gasteiger partial charge >= 0.3 is 0 Å². The third-order valence-corrected chi connectivity index (χ3v) is 6.84. The van der Waals surface area contributed by atoms with Gasteiger partial charge < -0.3 is 14.8 Å². The minimum absolute atomic E-state index is 0.0519. The Labute approximate surface area is 165 Å². The zero-order valence-corrected chi connectivity index (χ0v) is 16.5. The molecule has 0 spiro atoms. The number of fused-ring (bicyclic) bond motifs is 5. The highest BCUT2D eigenvalue weighted by molar-refractivity contribution is 6.00. The minimum Gasteiger partial charge on any atom is -0.356 e. The molecular weight excluding hydrogens is 350 g/mol. The molecule has 5 heteroatoms. The topological polar surface area (TPSA) is 56.4 Å². The predicted octanol–water partition coefficient (Wildman–Crippen LogP) is 3.50. The minimum atomic E-state index is -0.928. The zero-order valence-electron chi connectivity index (χ0n) is 16.5. The molecule has 28 heavy (non-hydrogen) atoms. The summed E-state index contributed by atoms with van der Waals surface area (Å²) < 4.78 is 0. The quantitative estimate of drug-likeness (QED) is 0.833. The lowest BCUT2D eigenvalue weighted by Gasteiger charge is -2.49. The molecular formula is C23H27N3O2. The number of nitrogens with zero attached hydrogens (tertiary/aromatic N) is 2. The van der Waals surface area contributed by atoms with E-state index in [2.05, 4.69) is 17.1 Å². The van der Waals surface area contributed by atoms with E-state index >= 15 is 0 Å². The molecule has 2 amide bonds. The highest BCUT2D eigenvalue weighted by atomic mass is 16.2. The van der Waals surface area contributed by atoms with Crippen LogP contribution in [0.5, 0.6) is 0 Å². The second-order valence-electron chi connectivity index (χ2n) is 8.48. The first-order chi connectivity index (χ1) is 13.6. The van der Waals surface area contributed by atoms with E-state index < -0.39 is 5.54 Å². The molecule has 1 aromatic carbocycles. The van der Waals surface area contributed by atoms with Gasteiger partial charge in [0.05, 0.1) is 12.2 Å². The molecule has 0 saturated carbocycles. The van der Waals surface area contributed by atoms with Gasteiger partial charge in [-0.05, 0) is 57.1 Å². The summed E-state index contributed by atoms with van der Waals surface area (Å²) in [5, 5.41) is 1.17. The van der Waals surface area contributed by atoms with E-state index in [1.165, 1.54) is 29.4 Å². The van der Waals surface area contributed by atoms with E-state index in [1.54, 1.807) is 9.80 Å². The summed E-state index contributed by atoms with van der Waals surface area (Å²) in [6.07, 6.45) is 8.78. The molecule has 5 nitrogen and oxygen atoms in total. The van der Waals surface area contributed by atoms with Gasteiger partial charge in [0.1, 0.15) is 0 Å². The van der Waals surface area contributed by atoms with Crippen LogP contribution in [0.3, 0.4) is 0 Å². The number of carbonyl (C=O) groups is 2. The number of rotatable bonds is 3. The number of aromatic nitrogens is 1. The Bertz CT molecular complexity index is 989. The van der Waals surface area contributed by atoms with Gasteiger partial charge in [-0.15, -0.1) is 0 Å². The first-order valence-corrected chi connectivity index (χ1v) is 10.5. The number of hydrogen-bond donors (Lipinski definition) is 1. The molecule has 2 aliphatic heterocycles. The van der Waals surface area contributed by atoms with E-state index in [1.807, 2.05) is 25.1 Å². The summed E-state index contributed by atoms with van der Waals surface area (Å²) in [6, 6.07) is 8.18. The maximum absolute atomic E-state index is 13.6. The molecule has 0 radical (unpaired) electrons. The Morgan fingerprint density at radius 3 is 2.82 bits per heavy atom. The Balaban J connectivity index is 1.49. The molecule has 5 rings (SSSR count). The number of allylic oxidation sites excluding steroid dienone is 1. The van der Waals surface area contributed by atoms with Crippen molar-refractivity contribution in [3.63, 3.8) is 0 Å². The van der Waals surface area contributed by atoms with Crippen LogP contribution in [0.4, 0.5) is 0 Å². The van der Waals surface area contributed by atoms with Crippen LogP contribution in [0.15, 0.2) is 35.9 Å². The molecule has 3 aliphatic rings. The Hall–Kier alpha value is -2.56. The van der Waals surface area contributed by atoms with Gasteiger partial charge in [0, 0.05) is 24.0 Å². The normalized spacial score (nSPS) is 25.0. The van der Waals surface area contributed by atoms with Crippen LogP contribution >= 0.6 is 0 Å². The van der Waals surface area contributed by atoms with Crippen molar-refractivity contribution in [2.75, 3.05) is 19.6 Å². The third kappa shape index (κ3) is 2.52. The van der Waals surface area contributed by atoms with Crippen LogP contribution < -0.4 is 0 Å². The lowest BCUT2D eigenvalue weighted by atomic mass is 9.83. The number of amides is 2.